The molecule has 0 spiro atoms. The molecule has 0 radical (unpaired) electrons. The molecule has 2 saturated heterocycles. The summed E-state index contributed by atoms with van der Waals surface area (Å²) in [6, 6.07) is 9.78. The minimum absolute atomic E-state index is 0.0444. The zero-order valence-corrected chi connectivity index (χ0v) is 18.2. The van der Waals surface area contributed by atoms with Crippen molar-refractivity contribution in [1.29, 1.82) is 0 Å². The van der Waals surface area contributed by atoms with E-state index in [1.807, 2.05) is 35.2 Å². The summed E-state index contributed by atoms with van der Waals surface area (Å²) in [6.07, 6.45) is 3.42. The third-order valence-corrected chi connectivity index (χ3v) is 6.17. The standard InChI is InChI=1S/C23H29N5O3/c1-17(29)26-10-12-27(13-11-26)23(30)19-4-3-9-28(15-19)22-14-21(24-16-25-22)18-5-7-20(31-2)8-6-18/h5-8,14,16,19H,3-4,9-13,15H2,1-2H3. The average molecular weight is 424 g/mol. The number of carbonyl (C=O) groups is 2. The second kappa shape index (κ2) is 9.32. The van der Waals surface area contributed by atoms with Crippen molar-refractivity contribution in [3.05, 3.63) is 36.7 Å². The van der Waals surface area contributed by atoms with Crippen molar-refractivity contribution in [2.75, 3.05) is 51.3 Å². The highest BCUT2D eigenvalue weighted by molar-refractivity contribution is 5.80. The summed E-state index contributed by atoms with van der Waals surface area (Å²) in [6.45, 7) is 5.58. The number of anilines is 1. The summed E-state index contributed by atoms with van der Waals surface area (Å²) in [5, 5.41) is 0. The Bertz CT molecular complexity index is 925. The van der Waals surface area contributed by atoms with E-state index in [0.29, 0.717) is 32.7 Å². The van der Waals surface area contributed by atoms with Gasteiger partial charge < -0.3 is 19.4 Å². The number of hydrogen-bond acceptors (Lipinski definition) is 6. The van der Waals surface area contributed by atoms with Crippen LogP contribution in [0.25, 0.3) is 11.3 Å². The molecule has 4 rings (SSSR count). The Morgan fingerprint density at radius 1 is 1.00 bits per heavy atom. The van der Waals surface area contributed by atoms with Crippen LogP contribution in [-0.4, -0.2) is 78.0 Å². The van der Waals surface area contributed by atoms with E-state index in [4.69, 9.17) is 4.74 Å². The number of carbonyl (C=O) groups excluding carboxylic acids is 2. The molecule has 2 aliphatic rings. The fraction of sp³-hybridized carbons (Fsp3) is 0.478. The summed E-state index contributed by atoms with van der Waals surface area (Å²) >= 11 is 0. The number of ether oxygens (including phenoxy) is 1. The van der Waals surface area contributed by atoms with E-state index in [1.54, 1.807) is 25.3 Å². The Kier molecular flexibility index (Phi) is 6.34. The molecule has 1 atom stereocenters. The average Bonchev–Trinajstić information content (AvgIpc) is 2.84. The fourth-order valence-electron chi connectivity index (χ4n) is 4.33. The van der Waals surface area contributed by atoms with Crippen molar-refractivity contribution in [1.82, 2.24) is 19.8 Å². The molecule has 2 aromatic rings. The zero-order chi connectivity index (χ0) is 21.8. The molecular weight excluding hydrogens is 394 g/mol. The van der Waals surface area contributed by atoms with Crippen LogP contribution in [0, 0.1) is 5.92 Å². The number of aromatic nitrogens is 2. The van der Waals surface area contributed by atoms with Gasteiger partial charge in [0, 0.05) is 57.8 Å². The predicted octanol–water partition coefficient (Wildman–Crippen LogP) is 2.06. The number of nitrogens with zero attached hydrogens (tertiary/aromatic N) is 5. The molecule has 3 heterocycles. The summed E-state index contributed by atoms with van der Waals surface area (Å²) in [5.41, 5.74) is 1.85. The number of rotatable bonds is 4. The van der Waals surface area contributed by atoms with Crippen LogP contribution < -0.4 is 9.64 Å². The lowest BCUT2D eigenvalue weighted by molar-refractivity contribution is -0.141. The van der Waals surface area contributed by atoms with Crippen LogP contribution in [0.15, 0.2) is 36.7 Å². The second-order valence-electron chi connectivity index (χ2n) is 8.11. The molecule has 0 bridgehead atoms. The summed E-state index contributed by atoms with van der Waals surface area (Å²) in [5.74, 6) is 1.88. The van der Waals surface area contributed by atoms with Crippen LogP contribution in [-0.2, 0) is 9.59 Å². The summed E-state index contributed by atoms with van der Waals surface area (Å²) in [7, 11) is 1.65. The molecule has 0 saturated carbocycles. The number of hydrogen-bond donors (Lipinski definition) is 0. The van der Waals surface area contributed by atoms with Gasteiger partial charge in [-0.1, -0.05) is 0 Å². The fourth-order valence-corrected chi connectivity index (χ4v) is 4.33. The Morgan fingerprint density at radius 2 is 1.71 bits per heavy atom. The van der Waals surface area contributed by atoms with Gasteiger partial charge in [-0.3, -0.25) is 9.59 Å². The first-order chi connectivity index (χ1) is 15.0. The van der Waals surface area contributed by atoms with E-state index >= 15 is 0 Å². The van der Waals surface area contributed by atoms with E-state index < -0.39 is 0 Å². The molecule has 31 heavy (non-hydrogen) atoms. The maximum absolute atomic E-state index is 13.1. The number of amides is 2. The quantitative estimate of drug-likeness (QED) is 0.749. The van der Waals surface area contributed by atoms with Crippen LogP contribution in [0.5, 0.6) is 5.75 Å². The third kappa shape index (κ3) is 4.78. The highest BCUT2D eigenvalue weighted by atomic mass is 16.5. The van der Waals surface area contributed by atoms with Crippen LogP contribution in [0.3, 0.4) is 0 Å². The second-order valence-corrected chi connectivity index (χ2v) is 8.11. The van der Waals surface area contributed by atoms with Crippen molar-refractivity contribution >= 4 is 17.6 Å². The highest BCUT2D eigenvalue weighted by Crippen LogP contribution is 2.27. The van der Waals surface area contributed by atoms with Gasteiger partial charge in [-0.25, -0.2) is 9.97 Å². The van der Waals surface area contributed by atoms with Gasteiger partial charge in [0.1, 0.15) is 17.9 Å². The SMILES string of the molecule is COc1ccc(-c2cc(N3CCCC(C(=O)N4CCN(C(C)=O)CC4)C3)ncn2)cc1. The first-order valence-corrected chi connectivity index (χ1v) is 10.8. The molecule has 8 nitrogen and oxygen atoms in total. The normalized spacial score (nSPS) is 19.3. The van der Waals surface area contributed by atoms with Crippen LogP contribution in [0.4, 0.5) is 5.82 Å². The van der Waals surface area contributed by atoms with Gasteiger partial charge in [-0.2, -0.15) is 0 Å². The highest BCUT2D eigenvalue weighted by Gasteiger charge is 2.32. The van der Waals surface area contributed by atoms with Crippen molar-refractivity contribution in [2.24, 2.45) is 5.92 Å². The smallest absolute Gasteiger partial charge is 0.227 e. The van der Waals surface area contributed by atoms with Gasteiger partial charge in [0.15, 0.2) is 0 Å². The molecule has 1 aromatic heterocycles. The van der Waals surface area contributed by atoms with Gasteiger partial charge in [0.2, 0.25) is 11.8 Å². The topological polar surface area (TPSA) is 78.9 Å². The molecule has 164 valence electrons. The predicted molar refractivity (Wildman–Crippen MR) is 118 cm³/mol. The molecule has 2 amide bonds. The van der Waals surface area contributed by atoms with Crippen molar-refractivity contribution in [2.45, 2.75) is 19.8 Å². The number of benzene rings is 1. The lowest BCUT2D eigenvalue weighted by atomic mass is 9.96. The van der Waals surface area contributed by atoms with Crippen LogP contribution >= 0.6 is 0 Å². The van der Waals surface area contributed by atoms with E-state index in [1.165, 1.54) is 0 Å². The molecule has 0 N–H and O–H groups in total. The third-order valence-electron chi connectivity index (χ3n) is 6.17. The van der Waals surface area contributed by atoms with E-state index in [0.717, 1.165) is 42.2 Å². The molecule has 2 aliphatic heterocycles. The van der Waals surface area contributed by atoms with Gasteiger partial charge in [-0.15, -0.1) is 0 Å². The van der Waals surface area contributed by atoms with Gasteiger partial charge in [0.05, 0.1) is 18.7 Å². The van der Waals surface area contributed by atoms with Gasteiger partial charge in [0.25, 0.3) is 0 Å². The molecular formula is C23H29N5O3. The number of methoxy groups -OCH3 is 1. The largest absolute Gasteiger partial charge is 0.497 e. The zero-order valence-electron chi connectivity index (χ0n) is 18.2. The lowest BCUT2D eigenvalue weighted by Gasteiger charge is -2.39. The van der Waals surface area contributed by atoms with Crippen LogP contribution in [0.1, 0.15) is 19.8 Å². The number of piperidine rings is 1. The van der Waals surface area contributed by atoms with E-state index in [2.05, 4.69) is 14.9 Å². The molecule has 1 unspecified atom stereocenters. The minimum atomic E-state index is -0.0444. The Balaban J connectivity index is 1.42. The molecule has 8 heteroatoms. The lowest BCUT2D eigenvalue weighted by Crippen LogP contribution is -2.53. The molecule has 1 aromatic carbocycles. The maximum atomic E-state index is 13.1. The van der Waals surface area contributed by atoms with Crippen molar-refractivity contribution < 1.29 is 14.3 Å². The van der Waals surface area contributed by atoms with Crippen LogP contribution in [0.2, 0.25) is 0 Å². The Labute approximate surface area is 182 Å². The Morgan fingerprint density at radius 3 is 2.39 bits per heavy atom. The summed E-state index contributed by atoms with van der Waals surface area (Å²) < 4.78 is 5.23. The monoisotopic (exact) mass is 423 g/mol. The van der Waals surface area contributed by atoms with Crippen molar-refractivity contribution in [3.63, 3.8) is 0 Å². The van der Waals surface area contributed by atoms with Crippen molar-refractivity contribution in [3.8, 4) is 17.0 Å². The number of piperazine rings is 1. The molecule has 2 fully saturated rings. The first kappa shape index (κ1) is 21.1. The van der Waals surface area contributed by atoms with E-state index in [9.17, 15) is 9.59 Å². The first-order valence-electron chi connectivity index (χ1n) is 10.8. The summed E-state index contributed by atoms with van der Waals surface area (Å²) in [4.78, 5) is 39.4. The van der Waals surface area contributed by atoms with Gasteiger partial charge >= 0.3 is 0 Å². The maximum Gasteiger partial charge on any atom is 0.227 e. The minimum Gasteiger partial charge on any atom is -0.497 e. The van der Waals surface area contributed by atoms with E-state index in [-0.39, 0.29) is 17.7 Å². The molecule has 0 aliphatic carbocycles. The van der Waals surface area contributed by atoms with Gasteiger partial charge in [-0.05, 0) is 37.1 Å². The Hall–Kier alpha value is -3.16.